The van der Waals surface area contributed by atoms with Gasteiger partial charge in [0.25, 0.3) is 7.82 Å². The van der Waals surface area contributed by atoms with E-state index in [-0.39, 0.29) is 19.6 Å². The van der Waals surface area contributed by atoms with Crippen molar-refractivity contribution in [1.29, 1.82) is 0 Å². The summed E-state index contributed by atoms with van der Waals surface area (Å²) in [4.78, 5) is 37.3. The number of allylic oxidation sites excluding steroid dienone is 5. The second-order valence-corrected chi connectivity index (χ2v) is 17.2. The van der Waals surface area contributed by atoms with E-state index in [4.69, 9.17) is 18.5 Å². The minimum atomic E-state index is -4.65. The molecule has 0 saturated heterocycles. The quantitative estimate of drug-likeness (QED) is 0.0115. The maximum atomic E-state index is 12.5. The largest absolute Gasteiger partial charge is 0.756 e. The number of unbranched alkanes of at least 4 members (excludes halogenated alkanes) is 22. The highest BCUT2D eigenvalue weighted by Crippen LogP contribution is 2.38. The van der Waals surface area contributed by atoms with Gasteiger partial charge in [0.15, 0.2) is 6.10 Å². The van der Waals surface area contributed by atoms with Crippen molar-refractivity contribution >= 4 is 19.8 Å². The summed E-state index contributed by atoms with van der Waals surface area (Å²) >= 11 is 0. The molecule has 0 spiro atoms. The van der Waals surface area contributed by atoms with Crippen molar-refractivity contribution in [2.75, 3.05) is 47.5 Å². The third kappa shape index (κ3) is 39.9. The fraction of sp³-hybridized carbons (Fsp3) is 0.818. The first-order valence-electron chi connectivity index (χ1n) is 21.7. The van der Waals surface area contributed by atoms with Gasteiger partial charge in [-0.3, -0.25) is 9.36 Å². The number of ether oxygens (including phenoxy) is 2. The van der Waals surface area contributed by atoms with E-state index in [9.17, 15) is 19.0 Å². The first kappa shape index (κ1) is 52.2. The van der Waals surface area contributed by atoms with E-state index >= 15 is 0 Å². The zero-order valence-electron chi connectivity index (χ0n) is 35.4. The van der Waals surface area contributed by atoms with Gasteiger partial charge in [-0.15, -0.1) is 0 Å². The lowest BCUT2D eigenvalue weighted by Gasteiger charge is -2.28. The van der Waals surface area contributed by atoms with E-state index in [0.29, 0.717) is 17.4 Å². The molecule has 0 amide bonds. The lowest BCUT2D eigenvalue weighted by atomic mass is 10.1. The maximum Gasteiger partial charge on any atom is 0.331 e. The summed E-state index contributed by atoms with van der Waals surface area (Å²) in [5.74, 6) is -1.09. The Balaban J connectivity index is 4.47. The Morgan fingerprint density at radius 2 is 1.07 bits per heavy atom. The van der Waals surface area contributed by atoms with E-state index in [1.807, 2.05) is 33.3 Å². The molecule has 0 aliphatic carbocycles. The molecule has 0 aromatic rings. The van der Waals surface area contributed by atoms with Gasteiger partial charge in [-0.1, -0.05) is 160 Å². The lowest BCUT2D eigenvalue weighted by molar-refractivity contribution is -0.870. The van der Waals surface area contributed by atoms with Gasteiger partial charge in [0.05, 0.1) is 27.7 Å². The van der Waals surface area contributed by atoms with Crippen molar-refractivity contribution in [2.45, 2.75) is 187 Å². The molecule has 0 heterocycles. The number of esters is 2. The topological polar surface area (TPSA) is 111 Å². The molecule has 9 nitrogen and oxygen atoms in total. The van der Waals surface area contributed by atoms with Crippen molar-refractivity contribution in [2.24, 2.45) is 0 Å². The Kier molecular flexibility index (Phi) is 35.6. The van der Waals surface area contributed by atoms with E-state index < -0.39 is 32.5 Å². The molecule has 0 N–H and O–H groups in total. The smallest absolute Gasteiger partial charge is 0.331 e. The monoisotopic (exact) mass is 784 g/mol. The molecule has 0 bridgehead atoms. The molecule has 0 fully saturated rings. The van der Waals surface area contributed by atoms with Gasteiger partial charge in [-0.25, -0.2) is 4.79 Å². The molecular weight excluding hydrogens is 701 g/mol. The van der Waals surface area contributed by atoms with Crippen LogP contribution in [0.5, 0.6) is 0 Å². The van der Waals surface area contributed by atoms with Crippen molar-refractivity contribution in [3.63, 3.8) is 0 Å². The van der Waals surface area contributed by atoms with Gasteiger partial charge < -0.3 is 27.9 Å². The minimum absolute atomic E-state index is 0.0470. The SMILES string of the molecule is CCCCCC/C=C/CCCCCCCCCC(=O)OC[C@H](COP(=O)([O-])OCC[N+](C)(C)C)OC(=O)/C=C/C=C/CCCCCCCCCCCCC. The second-order valence-electron chi connectivity index (χ2n) is 15.8. The summed E-state index contributed by atoms with van der Waals surface area (Å²) in [6.45, 7) is 4.08. The minimum Gasteiger partial charge on any atom is -0.756 e. The average molecular weight is 784 g/mol. The van der Waals surface area contributed by atoms with Crippen LogP contribution < -0.4 is 4.89 Å². The number of quaternary nitrogens is 1. The number of nitrogens with zero attached hydrogens (tertiary/aromatic N) is 1. The zero-order valence-corrected chi connectivity index (χ0v) is 36.3. The van der Waals surface area contributed by atoms with Crippen LogP contribution in [0.15, 0.2) is 36.5 Å². The fourth-order valence-electron chi connectivity index (χ4n) is 5.79. The van der Waals surface area contributed by atoms with Crippen molar-refractivity contribution in [3.05, 3.63) is 36.5 Å². The van der Waals surface area contributed by atoms with Gasteiger partial charge in [-0.2, -0.15) is 0 Å². The van der Waals surface area contributed by atoms with Gasteiger partial charge in [0.2, 0.25) is 0 Å². The molecule has 0 saturated carbocycles. The number of phosphoric acid groups is 1. The molecule has 0 aliphatic rings. The van der Waals surface area contributed by atoms with Crippen molar-refractivity contribution in [3.8, 4) is 0 Å². The molecule has 54 heavy (non-hydrogen) atoms. The van der Waals surface area contributed by atoms with Gasteiger partial charge in [0.1, 0.15) is 19.8 Å². The number of phosphoric ester groups is 1. The standard InChI is InChI=1S/C44H82NO8P/c1-6-8-10-12-14-16-18-20-22-24-26-28-30-32-34-36-43(46)50-40-42(41-52-54(48,49)51-39-38-45(3,4)5)53-44(47)37-35-33-31-29-27-25-23-21-19-17-15-13-11-9-7-2/h16,18,31,33,35,37,42H,6-15,17,19-30,32,34,36,38-41H2,1-5H3/b18-16+,33-31+,37-35+/t42-/m1/s1. The van der Waals surface area contributed by atoms with Crippen LogP contribution in [-0.4, -0.2) is 70.0 Å². The van der Waals surface area contributed by atoms with Crippen LogP contribution in [0.2, 0.25) is 0 Å². The van der Waals surface area contributed by atoms with Crippen molar-refractivity contribution < 1.29 is 42.1 Å². The van der Waals surface area contributed by atoms with Crippen LogP contribution in [0.4, 0.5) is 0 Å². The number of hydrogen-bond donors (Lipinski definition) is 0. The highest BCUT2D eigenvalue weighted by molar-refractivity contribution is 7.45. The number of rotatable bonds is 39. The predicted molar refractivity (Wildman–Crippen MR) is 222 cm³/mol. The molecule has 2 atom stereocenters. The molecule has 0 radical (unpaired) electrons. The first-order chi connectivity index (χ1) is 26.0. The highest BCUT2D eigenvalue weighted by atomic mass is 31.2. The summed E-state index contributed by atoms with van der Waals surface area (Å²) < 4.78 is 33.6. The molecule has 0 aromatic carbocycles. The number of hydrogen-bond acceptors (Lipinski definition) is 8. The number of carbonyl (C=O) groups is 2. The van der Waals surface area contributed by atoms with E-state index in [2.05, 4.69) is 26.0 Å². The predicted octanol–water partition coefficient (Wildman–Crippen LogP) is 11.5. The Bertz CT molecular complexity index is 1020. The van der Waals surface area contributed by atoms with Crippen LogP contribution in [0.25, 0.3) is 0 Å². The van der Waals surface area contributed by atoms with E-state index in [0.717, 1.165) is 38.5 Å². The Hall–Kier alpha value is -1.77. The Morgan fingerprint density at radius 1 is 0.611 bits per heavy atom. The second kappa shape index (κ2) is 36.8. The normalized spacial score (nSPS) is 14.0. The van der Waals surface area contributed by atoms with Crippen LogP contribution in [0.1, 0.15) is 181 Å². The van der Waals surface area contributed by atoms with Gasteiger partial charge in [-0.05, 0) is 44.9 Å². The average Bonchev–Trinajstić information content (AvgIpc) is 3.12. The van der Waals surface area contributed by atoms with Crippen LogP contribution in [0, 0.1) is 0 Å². The molecule has 0 aliphatic heterocycles. The van der Waals surface area contributed by atoms with Gasteiger partial charge >= 0.3 is 11.9 Å². The summed E-state index contributed by atoms with van der Waals surface area (Å²) in [5.41, 5.74) is 0. The molecular formula is C44H82NO8P. The summed E-state index contributed by atoms with van der Waals surface area (Å²) in [6.07, 6.45) is 40.9. The number of carbonyl (C=O) groups excluding carboxylic acids is 2. The third-order valence-corrected chi connectivity index (χ3v) is 10.2. The molecule has 1 unspecified atom stereocenters. The Morgan fingerprint density at radius 3 is 1.59 bits per heavy atom. The molecule has 0 aromatic heterocycles. The molecule has 0 rings (SSSR count). The summed E-state index contributed by atoms with van der Waals surface area (Å²) in [5, 5.41) is 0. The summed E-state index contributed by atoms with van der Waals surface area (Å²) in [7, 11) is 1.11. The summed E-state index contributed by atoms with van der Waals surface area (Å²) in [6, 6.07) is 0. The fourth-order valence-corrected chi connectivity index (χ4v) is 6.52. The van der Waals surface area contributed by atoms with Crippen LogP contribution >= 0.6 is 7.82 Å². The van der Waals surface area contributed by atoms with E-state index in [1.165, 1.54) is 122 Å². The van der Waals surface area contributed by atoms with E-state index in [1.54, 1.807) is 6.08 Å². The zero-order chi connectivity index (χ0) is 40.0. The Labute approximate surface area is 331 Å². The lowest BCUT2D eigenvalue weighted by Crippen LogP contribution is -2.37. The molecule has 316 valence electrons. The van der Waals surface area contributed by atoms with Crippen LogP contribution in [0.3, 0.4) is 0 Å². The van der Waals surface area contributed by atoms with Gasteiger partial charge in [0, 0.05) is 12.5 Å². The molecule has 10 heteroatoms. The third-order valence-electron chi connectivity index (χ3n) is 9.24. The maximum absolute atomic E-state index is 12.5. The van der Waals surface area contributed by atoms with Crippen molar-refractivity contribution in [1.82, 2.24) is 0 Å². The highest BCUT2D eigenvalue weighted by Gasteiger charge is 2.21. The first-order valence-corrected chi connectivity index (χ1v) is 23.2. The number of likely N-dealkylation sites (N-methyl/N-ethyl adjacent to an activating group) is 1. The van der Waals surface area contributed by atoms with Crippen LogP contribution in [-0.2, 0) is 32.7 Å².